The van der Waals surface area contributed by atoms with Crippen molar-refractivity contribution in [2.45, 2.75) is 6.92 Å². The van der Waals surface area contributed by atoms with Crippen LogP contribution in [0.4, 0.5) is 0 Å². The first-order valence-electron chi connectivity index (χ1n) is 7.27. The Morgan fingerprint density at radius 1 is 1.00 bits per heavy atom. The van der Waals surface area contributed by atoms with Crippen LogP contribution >= 0.6 is 11.3 Å². The highest BCUT2D eigenvalue weighted by Crippen LogP contribution is 2.32. The summed E-state index contributed by atoms with van der Waals surface area (Å²) in [5.41, 5.74) is 4.01. The van der Waals surface area contributed by atoms with E-state index >= 15 is 0 Å². The number of benzene rings is 2. The fourth-order valence-electron chi connectivity index (χ4n) is 2.78. The van der Waals surface area contributed by atoms with Crippen LogP contribution in [-0.4, -0.2) is 24.8 Å². The fraction of sp³-hybridized carbons (Fsp3) is 0.0588. The lowest BCUT2D eigenvalue weighted by atomic mass is 10.1. The van der Waals surface area contributed by atoms with Crippen LogP contribution in [-0.2, 0) is 0 Å². The van der Waals surface area contributed by atoms with Gasteiger partial charge in [-0.2, -0.15) is 9.61 Å². The molecule has 3 heterocycles. The molecule has 0 radical (unpaired) electrons. The van der Waals surface area contributed by atoms with Gasteiger partial charge in [-0.1, -0.05) is 53.3 Å². The normalized spacial score (nSPS) is 11.7. The molecule has 0 saturated carbocycles. The molecule has 1 aromatic heterocycles. The van der Waals surface area contributed by atoms with E-state index in [1.807, 2.05) is 30.3 Å². The third kappa shape index (κ3) is 1.85. The van der Waals surface area contributed by atoms with Crippen molar-refractivity contribution in [2.75, 3.05) is 0 Å². The van der Waals surface area contributed by atoms with Gasteiger partial charge in [0, 0.05) is 10.9 Å². The van der Waals surface area contributed by atoms with E-state index in [0.29, 0.717) is 0 Å². The molecule has 0 saturated heterocycles. The summed E-state index contributed by atoms with van der Waals surface area (Å²) >= 11 is 1.52. The molecule has 2 aliphatic heterocycles. The number of aryl methyl sites for hydroxylation is 1. The summed E-state index contributed by atoms with van der Waals surface area (Å²) in [4.78, 5) is 5.42. The molecule has 0 bridgehead atoms. The Kier molecular flexibility index (Phi) is 2.51. The first-order chi connectivity index (χ1) is 11.3. The molecule has 3 aromatic rings. The molecule has 5 nitrogen and oxygen atoms in total. The highest BCUT2D eigenvalue weighted by atomic mass is 32.1. The van der Waals surface area contributed by atoms with Gasteiger partial charge in [0.05, 0.1) is 5.52 Å². The maximum absolute atomic E-state index is 4.72. The Morgan fingerprint density at radius 3 is 2.83 bits per heavy atom. The quantitative estimate of drug-likeness (QED) is 0.472. The Balaban J connectivity index is 1.80. The van der Waals surface area contributed by atoms with Gasteiger partial charge >= 0.3 is 0 Å². The molecule has 110 valence electrons. The molecule has 6 heteroatoms. The second-order valence-corrected chi connectivity index (χ2v) is 6.43. The number of para-hydroxylation sites is 1. The SMILES string of the molecule is Cc1cccc(-c2nn3c4nc5ccccc5c-4nnc3s2)c1. The van der Waals surface area contributed by atoms with Crippen molar-refractivity contribution in [1.82, 2.24) is 24.8 Å². The molecule has 0 fully saturated rings. The van der Waals surface area contributed by atoms with Crippen LogP contribution in [0.5, 0.6) is 0 Å². The van der Waals surface area contributed by atoms with E-state index in [2.05, 4.69) is 40.3 Å². The lowest BCUT2D eigenvalue weighted by Crippen LogP contribution is -1.99. The number of hydrogen-bond acceptors (Lipinski definition) is 5. The Morgan fingerprint density at radius 2 is 1.91 bits per heavy atom. The zero-order valence-corrected chi connectivity index (χ0v) is 13.1. The highest BCUT2D eigenvalue weighted by molar-refractivity contribution is 7.19. The largest absolute Gasteiger partial charge is 0.235 e. The van der Waals surface area contributed by atoms with E-state index in [-0.39, 0.29) is 0 Å². The van der Waals surface area contributed by atoms with E-state index in [1.54, 1.807) is 4.52 Å². The second kappa shape index (κ2) is 4.57. The molecule has 0 spiro atoms. The first-order valence-corrected chi connectivity index (χ1v) is 8.09. The van der Waals surface area contributed by atoms with Crippen molar-refractivity contribution in [2.24, 2.45) is 0 Å². The predicted octanol–water partition coefficient (Wildman–Crippen LogP) is 3.81. The van der Waals surface area contributed by atoms with E-state index in [1.165, 1.54) is 16.9 Å². The molecule has 0 atom stereocenters. The molecule has 0 N–H and O–H groups in total. The van der Waals surface area contributed by atoms with Gasteiger partial charge in [0.25, 0.3) is 0 Å². The predicted molar refractivity (Wildman–Crippen MR) is 90.8 cm³/mol. The van der Waals surface area contributed by atoms with Crippen LogP contribution in [0.2, 0.25) is 0 Å². The minimum atomic E-state index is 0.747. The van der Waals surface area contributed by atoms with Crippen molar-refractivity contribution in [3.05, 3.63) is 54.1 Å². The summed E-state index contributed by atoms with van der Waals surface area (Å²) in [6.07, 6.45) is 0. The lowest BCUT2D eigenvalue weighted by Gasteiger charge is -1.98. The molecule has 2 aromatic carbocycles. The molecular weight excluding hydrogens is 306 g/mol. The van der Waals surface area contributed by atoms with Gasteiger partial charge in [0.15, 0.2) is 5.82 Å². The first kappa shape index (κ1) is 12.7. The number of aromatic nitrogens is 5. The van der Waals surface area contributed by atoms with Crippen molar-refractivity contribution in [3.8, 4) is 22.1 Å². The van der Waals surface area contributed by atoms with E-state index in [0.717, 1.165) is 38.0 Å². The molecule has 0 aliphatic carbocycles. The minimum Gasteiger partial charge on any atom is -0.226 e. The van der Waals surface area contributed by atoms with Gasteiger partial charge in [-0.05, 0) is 19.1 Å². The Hall–Kier alpha value is -2.86. The van der Waals surface area contributed by atoms with Gasteiger partial charge in [-0.25, -0.2) is 4.98 Å². The number of nitrogens with zero attached hydrogens (tertiary/aromatic N) is 5. The lowest BCUT2D eigenvalue weighted by molar-refractivity contribution is 0.886. The number of fused-ring (bicyclic) bond motifs is 5. The van der Waals surface area contributed by atoms with Crippen molar-refractivity contribution < 1.29 is 0 Å². The monoisotopic (exact) mass is 317 g/mol. The zero-order valence-electron chi connectivity index (χ0n) is 12.3. The summed E-state index contributed by atoms with van der Waals surface area (Å²) in [6.45, 7) is 2.08. The molecular formula is C17H11N5S. The average Bonchev–Trinajstić information content (AvgIpc) is 3.16. The Bertz CT molecular complexity index is 1140. The maximum Gasteiger partial charge on any atom is 0.235 e. The van der Waals surface area contributed by atoms with Crippen molar-refractivity contribution in [1.29, 1.82) is 0 Å². The van der Waals surface area contributed by atoms with E-state index in [9.17, 15) is 0 Å². The zero-order chi connectivity index (χ0) is 15.4. The molecule has 5 rings (SSSR count). The summed E-state index contributed by atoms with van der Waals surface area (Å²) in [6, 6.07) is 16.3. The number of rotatable bonds is 1. The fourth-order valence-corrected chi connectivity index (χ4v) is 3.61. The van der Waals surface area contributed by atoms with E-state index < -0.39 is 0 Å². The summed E-state index contributed by atoms with van der Waals surface area (Å²) in [5, 5.41) is 15.3. The Labute approximate surface area is 135 Å². The number of hydrogen-bond donors (Lipinski definition) is 0. The third-order valence-corrected chi connectivity index (χ3v) is 4.81. The molecule has 2 aliphatic rings. The average molecular weight is 317 g/mol. The van der Waals surface area contributed by atoms with Crippen LogP contribution in [0.15, 0.2) is 48.5 Å². The second-order valence-electron chi connectivity index (χ2n) is 5.47. The maximum atomic E-state index is 4.72. The van der Waals surface area contributed by atoms with Crippen molar-refractivity contribution in [3.63, 3.8) is 0 Å². The topological polar surface area (TPSA) is 56.0 Å². The van der Waals surface area contributed by atoms with Crippen LogP contribution in [0, 0.1) is 6.92 Å². The van der Waals surface area contributed by atoms with Gasteiger partial charge < -0.3 is 0 Å². The highest BCUT2D eigenvalue weighted by Gasteiger charge is 2.20. The van der Waals surface area contributed by atoms with Gasteiger partial charge in [0.1, 0.15) is 10.7 Å². The third-order valence-electron chi connectivity index (χ3n) is 3.86. The molecule has 23 heavy (non-hydrogen) atoms. The van der Waals surface area contributed by atoms with Crippen molar-refractivity contribution >= 4 is 27.2 Å². The van der Waals surface area contributed by atoms with Gasteiger partial charge in [0.2, 0.25) is 4.96 Å². The van der Waals surface area contributed by atoms with E-state index in [4.69, 9.17) is 5.10 Å². The molecule has 0 unspecified atom stereocenters. The van der Waals surface area contributed by atoms with Gasteiger partial charge in [-0.3, -0.25) is 0 Å². The minimum absolute atomic E-state index is 0.747. The van der Waals surface area contributed by atoms with Crippen LogP contribution in [0.3, 0.4) is 0 Å². The van der Waals surface area contributed by atoms with Crippen LogP contribution < -0.4 is 0 Å². The summed E-state index contributed by atoms with van der Waals surface area (Å²) in [7, 11) is 0. The standard InChI is InChI=1S/C17H11N5S/c1-10-5-4-6-11(9-10)16-21-22-15-14(19-20-17(22)23-16)12-7-2-3-8-13(12)18-15/h2-9H,1H3. The smallest absolute Gasteiger partial charge is 0.226 e. The van der Waals surface area contributed by atoms with Gasteiger partial charge in [-0.15, -0.1) is 10.2 Å². The van der Waals surface area contributed by atoms with Crippen LogP contribution in [0.1, 0.15) is 5.56 Å². The van der Waals surface area contributed by atoms with Crippen LogP contribution in [0.25, 0.3) is 38.0 Å². The molecule has 0 amide bonds. The summed E-state index contributed by atoms with van der Waals surface area (Å²) < 4.78 is 1.80. The summed E-state index contributed by atoms with van der Waals surface area (Å²) in [5.74, 6) is 0.756.